The van der Waals surface area contributed by atoms with Gasteiger partial charge in [0.2, 0.25) is 5.95 Å². The maximum absolute atomic E-state index is 9.99. The number of hydrogen-bond acceptors (Lipinski definition) is 8. The molecular formula is C23H29N7OS. The van der Waals surface area contributed by atoms with Crippen molar-refractivity contribution in [1.82, 2.24) is 19.7 Å². The minimum atomic E-state index is -0.349. The van der Waals surface area contributed by atoms with Gasteiger partial charge in [0.1, 0.15) is 17.5 Å². The van der Waals surface area contributed by atoms with Gasteiger partial charge in [-0.1, -0.05) is 31.9 Å². The van der Waals surface area contributed by atoms with Gasteiger partial charge in [-0.15, -0.1) is 0 Å². The molecule has 0 saturated heterocycles. The fraction of sp³-hybridized carbons (Fsp3) is 0.435. The lowest BCUT2D eigenvalue weighted by atomic mass is 9.64. The Morgan fingerprint density at radius 1 is 1.38 bits per heavy atom. The summed E-state index contributed by atoms with van der Waals surface area (Å²) in [7, 11) is 1.93. The van der Waals surface area contributed by atoms with E-state index in [1.165, 1.54) is 22.7 Å². The topological polar surface area (TPSA) is 122 Å². The molecule has 1 aromatic carbocycles. The van der Waals surface area contributed by atoms with E-state index in [2.05, 4.69) is 60.8 Å². The van der Waals surface area contributed by atoms with Crippen molar-refractivity contribution < 1.29 is 5.11 Å². The van der Waals surface area contributed by atoms with Crippen LogP contribution in [0.4, 0.5) is 11.8 Å². The van der Waals surface area contributed by atoms with E-state index in [0.29, 0.717) is 30.3 Å². The van der Waals surface area contributed by atoms with Crippen LogP contribution in [0.15, 0.2) is 30.6 Å². The zero-order valence-corrected chi connectivity index (χ0v) is 19.4. The predicted octanol–water partition coefficient (Wildman–Crippen LogP) is 3.42. The Balaban J connectivity index is 1.41. The number of hydrogen-bond donors (Lipinski definition) is 5. The number of benzene rings is 1. The van der Waals surface area contributed by atoms with Crippen LogP contribution in [0.25, 0.3) is 10.9 Å². The van der Waals surface area contributed by atoms with Crippen LogP contribution in [0, 0.1) is 16.7 Å². The maximum Gasteiger partial charge on any atom is 0.224 e. The van der Waals surface area contributed by atoms with E-state index in [-0.39, 0.29) is 17.6 Å². The number of rotatable bonds is 9. The fourth-order valence-corrected chi connectivity index (χ4v) is 4.45. The summed E-state index contributed by atoms with van der Waals surface area (Å²) in [4.78, 5) is 12.2. The minimum Gasteiger partial charge on any atom is -0.392 e. The molecule has 0 radical (unpaired) electrons. The van der Waals surface area contributed by atoms with Crippen LogP contribution in [0.2, 0.25) is 0 Å². The van der Waals surface area contributed by atoms with Gasteiger partial charge in [-0.2, -0.15) is 10.2 Å². The number of nitrogens with zero attached hydrogens (tertiary/aromatic N) is 3. The van der Waals surface area contributed by atoms with E-state index in [0.717, 1.165) is 17.7 Å². The molecule has 0 unspecified atom stereocenters. The summed E-state index contributed by atoms with van der Waals surface area (Å²) in [5.41, 5.74) is 3.79. The summed E-state index contributed by atoms with van der Waals surface area (Å²) < 4.78 is 3.11. The molecule has 168 valence electrons. The number of nitrogens with one attached hydrogen (secondary N) is 4. The molecule has 1 aliphatic carbocycles. The average Bonchev–Trinajstić information content (AvgIpc) is 3.20. The number of aliphatic hydroxyl groups is 1. The highest BCUT2D eigenvalue weighted by molar-refractivity contribution is 7.96. The molecule has 2 heterocycles. The SMILES string of the molecule is CNSCc1ccc2[nH]cc(CCNc3ncc(C#N)c(N[C@@H]4C[C@H](O)C4(C)C)n3)c2c1. The van der Waals surface area contributed by atoms with Crippen molar-refractivity contribution in [3.05, 3.63) is 47.3 Å². The van der Waals surface area contributed by atoms with Gasteiger partial charge in [-0.25, -0.2) is 4.98 Å². The number of aromatic nitrogens is 3. The van der Waals surface area contributed by atoms with Crippen molar-refractivity contribution in [3.63, 3.8) is 0 Å². The largest absolute Gasteiger partial charge is 0.392 e. The van der Waals surface area contributed by atoms with Crippen molar-refractivity contribution in [2.75, 3.05) is 24.2 Å². The molecular weight excluding hydrogens is 422 g/mol. The van der Waals surface area contributed by atoms with Gasteiger partial charge in [-0.3, -0.25) is 4.72 Å². The lowest BCUT2D eigenvalue weighted by Crippen LogP contribution is -2.57. The molecule has 0 amide bonds. The minimum absolute atomic E-state index is 0.0637. The number of aromatic amines is 1. The molecule has 1 saturated carbocycles. The summed E-state index contributed by atoms with van der Waals surface area (Å²) in [5.74, 6) is 1.91. The second-order valence-corrected chi connectivity index (χ2v) is 9.69. The monoisotopic (exact) mass is 451 g/mol. The highest BCUT2D eigenvalue weighted by Crippen LogP contribution is 2.42. The van der Waals surface area contributed by atoms with Crippen LogP contribution < -0.4 is 15.4 Å². The van der Waals surface area contributed by atoms with Gasteiger partial charge in [0.25, 0.3) is 0 Å². The predicted molar refractivity (Wildman–Crippen MR) is 129 cm³/mol. The Morgan fingerprint density at radius 3 is 2.94 bits per heavy atom. The first-order valence-electron chi connectivity index (χ1n) is 10.8. The van der Waals surface area contributed by atoms with E-state index >= 15 is 0 Å². The van der Waals surface area contributed by atoms with Crippen LogP contribution in [0.5, 0.6) is 0 Å². The number of H-pyrrole nitrogens is 1. The van der Waals surface area contributed by atoms with Crippen molar-refractivity contribution in [2.24, 2.45) is 5.41 Å². The summed E-state index contributed by atoms with van der Waals surface area (Å²) in [6, 6.07) is 8.71. The molecule has 32 heavy (non-hydrogen) atoms. The van der Waals surface area contributed by atoms with Gasteiger partial charge < -0.3 is 20.7 Å². The Hall–Kier alpha value is -2.80. The van der Waals surface area contributed by atoms with Gasteiger partial charge in [0, 0.05) is 40.9 Å². The molecule has 0 spiro atoms. The molecule has 2 aromatic heterocycles. The zero-order valence-electron chi connectivity index (χ0n) is 18.6. The van der Waals surface area contributed by atoms with Gasteiger partial charge >= 0.3 is 0 Å². The van der Waals surface area contributed by atoms with Crippen LogP contribution in [-0.2, 0) is 12.2 Å². The van der Waals surface area contributed by atoms with E-state index in [9.17, 15) is 10.4 Å². The van der Waals surface area contributed by atoms with Crippen LogP contribution >= 0.6 is 11.9 Å². The van der Waals surface area contributed by atoms with E-state index in [1.807, 2.05) is 20.9 Å². The molecule has 4 rings (SSSR count). The lowest BCUT2D eigenvalue weighted by Gasteiger charge is -2.49. The number of anilines is 2. The third kappa shape index (κ3) is 4.53. The molecule has 0 bridgehead atoms. The summed E-state index contributed by atoms with van der Waals surface area (Å²) in [5, 5.41) is 27.2. The molecule has 3 aromatic rings. The van der Waals surface area contributed by atoms with E-state index in [4.69, 9.17) is 0 Å². The average molecular weight is 452 g/mol. The van der Waals surface area contributed by atoms with Crippen LogP contribution in [-0.4, -0.2) is 45.8 Å². The molecule has 1 fully saturated rings. The lowest BCUT2D eigenvalue weighted by molar-refractivity contribution is -0.0511. The van der Waals surface area contributed by atoms with Crippen molar-refractivity contribution >= 4 is 34.6 Å². The van der Waals surface area contributed by atoms with Crippen LogP contribution in [0.3, 0.4) is 0 Å². The highest BCUT2D eigenvalue weighted by atomic mass is 32.2. The van der Waals surface area contributed by atoms with Crippen LogP contribution in [0.1, 0.15) is 37.0 Å². The summed E-state index contributed by atoms with van der Waals surface area (Å²) in [6.45, 7) is 4.69. The first kappa shape index (κ1) is 22.4. The Morgan fingerprint density at radius 2 is 2.22 bits per heavy atom. The molecule has 0 aliphatic heterocycles. The summed E-state index contributed by atoms with van der Waals surface area (Å²) >= 11 is 1.68. The normalized spacial score (nSPS) is 19.3. The Bertz CT molecular complexity index is 1140. The molecule has 8 nitrogen and oxygen atoms in total. The second-order valence-electron chi connectivity index (χ2n) is 8.70. The third-order valence-corrected chi connectivity index (χ3v) is 7.09. The molecule has 1 aliphatic rings. The third-order valence-electron chi connectivity index (χ3n) is 6.33. The Labute approximate surface area is 192 Å². The fourth-order valence-electron chi connectivity index (χ4n) is 3.96. The number of aliphatic hydroxyl groups excluding tert-OH is 1. The zero-order chi connectivity index (χ0) is 22.7. The number of fused-ring (bicyclic) bond motifs is 1. The van der Waals surface area contributed by atoms with Crippen molar-refractivity contribution in [1.29, 1.82) is 5.26 Å². The van der Waals surface area contributed by atoms with Gasteiger partial charge in [-0.05, 0) is 43.1 Å². The quantitative estimate of drug-likeness (QED) is 0.314. The maximum atomic E-state index is 9.99. The first-order chi connectivity index (χ1) is 15.4. The smallest absolute Gasteiger partial charge is 0.224 e. The standard InChI is InChI=1S/C23H29N7OS/c1-23(2)19(9-20(23)31)29-21-16(10-24)12-28-22(30-21)26-7-6-15-11-27-18-5-4-14(8-17(15)18)13-32-25-3/h4-5,8,11-12,19-20,25,27,31H,6-7,9,13H2,1-3H3,(H2,26,28,29,30)/t19-,20+/m1/s1. The summed E-state index contributed by atoms with van der Waals surface area (Å²) in [6.07, 6.45) is 4.70. The van der Waals surface area contributed by atoms with Crippen molar-refractivity contribution in [3.8, 4) is 6.07 Å². The Kier molecular flexibility index (Phi) is 6.55. The number of nitriles is 1. The molecule has 5 N–H and O–H groups in total. The van der Waals surface area contributed by atoms with Gasteiger partial charge in [0.15, 0.2) is 0 Å². The first-order valence-corrected chi connectivity index (χ1v) is 11.7. The highest BCUT2D eigenvalue weighted by Gasteiger charge is 2.47. The van der Waals surface area contributed by atoms with E-state index < -0.39 is 0 Å². The van der Waals surface area contributed by atoms with Gasteiger partial charge in [0.05, 0.1) is 12.3 Å². The molecule has 9 heteroatoms. The van der Waals surface area contributed by atoms with Crippen molar-refractivity contribution in [2.45, 2.75) is 44.6 Å². The molecule has 2 atom stereocenters. The van der Waals surface area contributed by atoms with E-state index in [1.54, 1.807) is 11.9 Å². The second kappa shape index (κ2) is 9.36.